The minimum atomic E-state index is 0.893. The van der Waals surface area contributed by atoms with E-state index in [0.717, 1.165) is 33.2 Å². The summed E-state index contributed by atoms with van der Waals surface area (Å²) in [5.41, 5.74) is 5.21. The van der Waals surface area contributed by atoms with Gasteiger partial charge in [0.15, 0.2) is 0 Å². The van der Waals surface area contributed by atoms with Crippen LogP contribution in [-0.2, 0) is 0 Å². The highest BCUT2D eigenvalue weighted by Gasteiger charge is 2.18. The fraction of sp³-hybridized carbons (Fsp3) is 0. The van der Waals surface area contributed by atoms with Gasteiger partial charge in [-0.1, -0.05) is 30.3 Å². The fourth-order valence-corrected chi connectivity index (χ4v) is 5.57. The summed E-state index contributed by atoms with van der Waals surface area (Å²) in [4.78, 5) is 4.74. The molecule has 0 N–H and O–H groups in total. The maximum atomic E-state index is 5.87. The Balaban J connectivity index is 1.70. The van der Waals surface area contributed by atoms with Crippen LogP contribution in [0.15, 0.2) is 89.7 Å². The molecular formula is C25H14N2OS. The zero-order valence-corrected chi connectivity index (χ0v) is 16.1. The average Bonchev–Trinajstić information content (AvgIpc) is 3.43. The van der Waals surface area contributed by atoms with Crippen LogP contribution in [0.3, 0.4) is 0 Å². The van der Waals surface area contributed by atoms with E-state index in [4.69, 9.17) is 9.40 Å². The van der Waals surface area contributed by atoms with Crippen molar-refractivity contribution in [2.75, 3.05) is 0 Å². The van der Waals surface area contributed by atoms with E-state index in [1.165, 1.54) is 25.6 Å². The van der Waals surface area contributed by atoms with Crippen molar-refractivity contribution in [3.8, 4) is 5.69 Å². The lowest BCUT2D eigenvalue weighted by Crippen LogP contribution is -1.92. The van der Waals surface area contributed by atoms with Crippen LogP contribution in [0.25, 0.3) is 58.8 Å². The van der Waals surface area contributed by atoms with Crippen molar-refractivity contribution in [2.24, 2.45) is 0 Å². The van der Waals surface area contributed by atoms with Gasteiger partial charge < -0.3 is 8.98 Å². The van der Waals surface area contributed by atoms with E-state index in [9.17, 15) is 0 Å². The lowest BCUT2D eigenvalue weighted by molar-refractivity contribution is 0.614. The number of benzene rings is 3. The number of para-hydroxylation sites is 1. The van der Waals surface area contributed by atoms with E-state index in [1.54, 1.807) is 0 Å². The smallest absolute Gasteiger partial charge is 0.136 e. The zero-order chi connectivity index (χ0) is 18.9. The topological polar surface area (TPSA) is 31.0 Å². The number of pyridine rings is 1. The predicted octanol–water partition coefficient (Wildman–Crippen LogP) is 7.29. The third-order valence-corrected chi connectivity index (χ3v) is 6.85. The van der Waals surface area contributed by atoms with Crippen molar-refractivity contribution in [1.82, 2.24) is 9.55 Å². The maximum absolute atomic E-state index is 5.87. The predicted molar refractivity (Wildman–Crippen MR) is 121 cm³/mol. The number of hydrogen-bond acceptors (Lipinski definition) is 3. The third kappa shape index (κ3) is 1.99. The molecule has 29 heavy (non-hydrogen) atoms. The molecule has 136 valence electrons. The Morgan fingerprint density at radius 1 is 0.724 bits per heavy atom. The molecule has 0 spiro atoms. The molecule has 0 amide bonds. The van der Waals surface area contributed by atoms with Crippen LogP contribution >= 0.6 is 11.3 Å². The van der Waals surface area contributed by atoms with Crippen molar-refractivity contribution in [2.45, 2.75) is 0 Å². The Bertz CT molecular complexity index is 1720. The minimum absolute atomic E-state index is 0.893. The number of rotatable bonds is 1. The molecule has 7 rings (SSSR count). The number of furan rings is 1. The summed E-state index contributed by atoms with van der Waals surface area (Å²) in [7, 11) is 0. The van der Waals surface area contributed by atoms with Crippen molar-refractivity contribution in [3.05, 3.63) is 85.3 Å². The molecular weight excluding hydrogens is 376 g/mol. The van der Waals surface area contributed by atoms with Gasteiger partial charge in [-0.15, -0.1) is 11.3 Å². The summed E-state index contributed by atoms with van der Waals surface area (Å²) >= 11 is 1.84. The molecule has 0 aliphatic heterocycles. The normalized spacial score (nSPS) is 12.1. The lowest BCUT2D eigenvalue weighted by atomic mass is 10.1. The van der Waals surface area contributed by atoms with Crippen molar-refractivity contribution >= 4 is 64.4 Å². The molecule has 0 saturated heterocycles. The largest absolute Gasteiger partial charge is 0.462 e. The standard InChI is InChI=1S/C25H14N2OS/c1-3-9-22-16(7-1)21(14-28-22)27-19-8-5-11-26-25(19)18-12-17-15-6-2-4-10-23(15)29-24(17)13-20(18)27/h1-14H. The summed E-state index contributed by atoms with van der Waals surface area (Å²) in [6.07, 6.45) is 3.72. The van der Waals surface area contributed by atoms with Crippen LogP contribution in [0.5, 0.6) is 0 Å². The first-order chi connectivity index (χ1) is 14.4. The van der Waals surface area contributed by atoms with E-state index < -0.39 is 0 Å². The first kappa shape index (κ1) is 15.3. The van der Waals surface area contributed by atoms with E-state index >= 15 is 0 Å². The number of hydrogen-bond donors (Lipinski definition) is 0. The summed E-state index contributed by atoms with van der Waals surface area (Å²) in [5, 5.41) is 4.87. The van der Waals surface area contributed by atoms with Crippen LogP contribution in [0.1, 0.15) is 0 Å². The van der Waals surface area contributed by atoms with Gasteiger partial charge in [-0.05, 0) is 42.5 Å². The fourth-order valence-electron chi connectivity index (χ4n) is 4.45. The quantitative estimate of drug-likeness (QED) is 0.295. The molecule has 0 bridgehead atoms. The van der Waals surface area contributed by atoms with Crippen LogP contribution in [0.2, 0.25) is 0 Å². The average molecular weight is 390 g/mol. The van der Waals surface area contributed by atoms with Crippen molar-refractivity contribution in [3.63, 3.8) is 0 Å². The summed E-state index contributed by atoms with van der Waals surface area (Å²) in [6.45, 7) is 0. The molecule has 0 saturated carbocycles. The molecule has 0 atom stereocenters. The second kappa shape index (κ2) is 5.46. The Hall–Kier alpha value is -3.63. The molecule has 3 nitrogen and oxygen atoms in total. The molecule has 0 fully saturated rings. The molecule has 0 aliphatic carbocycles. The van der Waals surface area contributed by atoms with Crippen LogP contribution in [-0.4, -0.2) is 9.55 Å². The molecule has 0 radical (unpaired) electrons. The van der Waals surface area contributed by atoms with Gasteiger partial charge >= 0.3 is 0 Å². The van der Waals surface area contributed by atoms with Crippen LogP contribution in [0.4, 0.5) is 0 Å². The Morgan fingerprint density at radius 3 is 2.55 bits per heavy atom. The van der Waals surface area contributed by atoms with E-state index in [0.29, 0.717) is 0 Å². The monoisotopic (exact) mass is 390 g/mol. The molecule has 4 heteroatoms. The molecule has 0 unspecified atom stereocenters. The van der Waals surface area contributed by atoms with Gasteiger partial charge in [-0.2, -0.15) is 0 Å². The zero-order valence-electron chi connectivity index (χ0n) is 15.3. The summed E-state index contributed by atoms with van der Waals surface area (Å²) < 4.78 is 10.8. The Kier molecular flexibility index (Phi) is 2.88. The van der Waals surface area contributed by atoms with Gasteiger partial charge in [-0.3, -0.25) is 4.98 Å². The van der Waals surface area contributed by atoms with E-state index in [2.05, 4.69) is 59.2 Å². The van der Waals surface area contributed by atoms with Crippen LogP contribution < -0.4 is 0 Å². The number of aromatic nitrogens is 2. The van der Waals surface area contributed by atoms with Gasteiger partial charge in [0.25, 0.3) is 0 Å². The summed E-state index contributed by atoms with van der Waals surface area (Å²) in [6, 6.07) is 25.5. The third-order valence-electron chi connectivity index (χ3n) is 5.72. The highest BCUT2D eigenvalue weighted by Crippen LogP contribution is 2.40. The van der Waals surface area contributed by atoms with Gasteiger partial charge in [0.2, 0.25) is 0 Å². The Labute approximate surface area is 169 Å². The van der Waals surface area contributed by atoms with Gasteiger partial charge in [-0.25, -0.2) is 0 Å². The number of nitrogens with zero attached hydrogens (tertiary/aromatic N) is 2. The van der Waals surface area contributed by atoms with Crippen LogP contribution in [0, 0.1) is 0 Å². The molecule has 3 aromatic carbocycles. The number of thiophene rings is 1. The van der Waals surface area contributed by atoms with Gasteiger partial charge in [0.1, 0.15) is 11.8 Å². The SMILES string of the molecule is c1ccc2c(-n3c4cc5sc6ccccc6c5cc4c4ncccc43)coc2c1. The maximum Gasteiger partial charge on any atom is 0.136 e. The van der Waals surface area contributed by atoms with Gasteiger partial charge in [0, 0.05) is 37.1 Å². The second-order valence-electron chi connectivity index (χ2n) is 7.29. The van der Waals surface area contributed by atoms with Gasteiger partial charge in [0.05, 0.1) is 22.2 Å². The van der Waals surface area contributed by atoms with Crippen molar-refractivity contribution in [1.29, 1.82) is 0 Å². The molecule has 4 heterocycles. The first-order valence-electron chi connectivity index (χ1n) is 9.55. The van der Waals surface area contributed by atoms with E-state index in [1.807, 2.05) is 42.0 Å². The first-order valence-corrected chi connectivity index (χ1v) is 10.4. The highest BCUT2D eigenvalue weighted by atomic mass is 32.1. The Morgan fingerprint density at radius 2 is 1.59 bits per heavy atom. The second-order valence-corrected chi connectivity index (χ2v) is 8.37. The highest BCUT2D eigenvalue weighted by molar-refractivity contribution is 7.25. The molecule has 0 aliphatic rings. The number of fused-ring (bicyclic) bond motifs is 7. The lowest BCUT2D eigenvalue weighted by Gasteiger charge is -2.05. The van der Waals surface area contributed by atoms with Crippen molar-refractivity contribution < 1.29 is 4.42 Å². The van der Waals surface area contributed by atoms with E-state index in [-0.39, 0.29) is 0 Å². The molecule has 4 aromatic heterocycles. The summed E-state index contributed by atoms with van der Waals surface area (Å²) in [5.74, 6) is 0. The minimum Gasteiger partial charge on any atom is -0.462 e. The molecule has 7 aromatic rings.